The fourth-order valence-corrected chi connectivity index (χ4v) is 3.72. The van der Waals surface area contributed by atoms with Gasteiger partial charge in [0, 0.05) is 11.6 Å². The molecule has 0 N–H and O–H groups in total. The fourth-order valence-electron chi connectivity index (χ4n) is 2.90. The first-order chi connectivity index (χ1) is 9.08. The van der Waals surface area contributed by atoms with Crippen LogP contribution in [-0.2, 0) is 0 Å². The smallest absolute Gasteiger partial charge is 0.148 e. The Kier molecular flexibility index (Phi) is 3.52. The van der Waals surface area contributed by atoms with Crippen molar-refractivity contribution in [3.63, 3.8) is 0 Å². The van der Waals surface area contributed by atoms with Crippen molar-refractivity contribution in [1.29, 1.82) is 0 Å². The Bertz CT molecular complexity index is 650. The van der Waals surface area contributed by atoms with E-state index in [-0.39, 0.29) is 5.82 Å². The van der Waals surface area contributed by atoms with Gasteiger partial charge in [-0.15, -0.1) is 0 Å². The van der Waals surface area contributed by atoms with E-state index in [2.05, 4.69) is 20.9 Å². The van der Waals surface area contributed by atoms with E-state index >= 15 is 0 Å². The van der Waals surface area contributed by atoms with Crippen LogP contribution >= 0.6 is 27.5 Å². The Labute approximate surface area is 125 Å². The van der Waals surface area contributed by atoms with Crippen LogP contribution in [0.3, 0.4) is 0 Å². The van der Waals surface area contributed by atoms with Crippen LogP contribution in [0.2, 0.25) is 5.02 Å². The zero-order valence-corrected chi connectivity index (χ0v) is 13.0. The van der Waals surface area contributed by atoms with Crippen LogP contribution in [0.1, 0.15) is 42.9 Å². The molecule has 1 aromatic carbocycles. The van der Waals surface area contributed by atoms with Gasteiger partial charge in [0.25, 0.3) is 0 Å². The number of benzene rings is 1. The highest BCUT2D eigenvalue weighted by Crippen LogP contribution is 2.38. The summed E-state index contributed by atoms with van der Waals surface area (Å²) in [5.41, 5.74) is 2.65. The van der Waals surface area contributed by atoms with Gasteiger partial charge in [0.05, 0.1) is 20.4 Å². The summed E-state index contributed by atoms with van der Waals surface area (Å²) in [5.74, 6) is 0.157. The molecule has 0 aliphatic heterocycles. The van der Waals surface area contributed by atoms with Crippen LogP contribution in [0.4, 0.5) is 4.39 Å². The Morgan fingerprint density at radius 3 is 2.68 bits per heavy atom. The molecular formula is C15H14BrClFN. The second kappa shape index (κ2) is 5.02. The second-order valence-electron chi connectivity index (χ2n) is 5.22. The maximum atomic E-state index is 14.2. The van der Waals surface area contributed by atoms with Crippen LogP contribution in [-0.4, -0.2) is 4.98 Å². The highest BCUT2D eigenvalue weighted by molar-refractivity contribution is 9.10. The Morgan fingerprint density at radius 1 is 1.32 bits per heavy atom. The average molecular weight is 343 g/mol. The molecule has 0 bridgehead atoms. The van der Waals surface area contributed by atoms with Gasteiger partial charge in [0.15, 0.2) is 0 Å². The number of fused-ring (bicyclic) bond motifs is 1. The number of aryl methyl sites for hydroxylation is 1. The number of hydrogen-bond donors (Lipinski definition) is 0. The van der Waals surface area contributed by atoms with Gasteiger partial charge in [-0.2, -0.15) is 0 Å². The second-order valence-corrected chi connectivity index (χ2v) is 6.48. The number of aromatic nitrogens is 1. The van der Waals surface area contributed by atoms with Gasteiger partial charge in [-0.05, 0) is 53.4 Å². The molecule has 0 spiro atoms. The van der Waals surface area contributed by atoms with Crippen molar-refractivity contribution >= 4 is 38.4 Å². The maximum absolute atomic E-state index is 14.2. The van der Waals surface area contributed by atoms with E-state index in [1.807, 2.05) is 13.0 Å². The third kappa shape index (κ3) is 2.27. The standard InChI is InChI=1S/C15H14BrClFN/c1-8-6-10(16)14(18)13-11(17)7-12(19-15(8)13)9-4-2-3-5-9/h6-7,9H,2-5H2,1H3. The van der Waals surface area contributed by atoms with E-state index in [4.69, 9.17) is 11.6 Å². The lowest BCUT2D eigenvalue weighted by molar-refractivity contribution is 0.632. The zero-order chi connectivity index (χ0) is 13.6. The lowest BCUT2D eigenvalue weighted by Crippen LogP contribution is -1.99. The summed E-state index contributed by atoms with van der Waals surface area (Å²) in [7, 11) is 0. The van der Waals surface area contributed by atoms with Crippen LogP contribution in [0.15, 0.2) is 16.6 Å². The van der Waals surface area contributed by atoms with Gasteiger partial charge < -0.3 is 0 Å². The van der Waals surface area contributed by atoms with E-state index < -0.39 is 0 Å². The molecule has 1 fully saturated rings. The molecule has 0 atom stereocenters. The van der Waals surface area contributed by atoms with Crippen molar-refractivity contribution in [2.45, 2.75) is 38.5 Å². The summed E-state index contributed by atoms with van der Waals surface area (Å²) in [6.45, 7) is 1.94. The summed E-state index contributed by atoms with van der Waals surface area (Å²) < 4.78 is 14.6. The van der Waals surface area contributed by atoms with Crippen molar-refractivity contribution in [2.24, 2.45) is 0 Å². The average Bonchev–Trinajstić information content (AvgIpc) is 2.89. The molecule has 0 radical (unpaired) electrons. The van der Waals surface area contributed by atoms with Crippen molar-refractivity contribution in [1.82, 2.24) is 4.98 Å². The Hall–Kier alpha value is -0.670. The van der Waals surface area contributed by atoms with Crippen LogP contribution in [0, 0.1) is 12.7 Å². The number of nitrogens with zero attached hydrogens (tertiary/aromatic N) is 1. The molecule has 1 saturated carbocycles. The number of pyridine rings is 1. The molecule has 2 aromatic rings. The molecule has 1 heterocycles. The predicted molar refractivity (Wildman–Crippen MR) is 80.4 cm³/mol. The highest BCUT2D eigenvalue weighted by atomic mass is 79.9. The van der Waals surface area contributed by atoms with Gasteiger partial charge in [0.1, 0.15) is 5.82 Å². The van der Waals surface area contributed by atoms with Crippen molar-refractivity contribution < 1.29 is 4.39 Å². The number of rotatable bonds is 1. The Morgan fingerprint density at radius 2 is 2.00 bits per heavy atom. The fraction of sp³-hybridized carbons (Fsp3) is 0.400. The van der Waals surface area contributed by atoms with Gasteiger partial charge >= 0.3 is 0 Å². The van der Waals surface area contributed by atoms with Crippen LogP contribution in [0.5, 0.6) is 0 Å². The number of halogens is 3. The quantitative estimate of drug-likeness (QED) is 0.642. The van der Waals surface area contributed by atoms with Crippen LogP contribution < -0.4 is 0 Å². The third-order valence-electron chi connectivity index (χ3n) is 3.91. The minimum atomic E-state index is -0.323. The molecule has 1 aliphatic rings. The third-order valence-corrected chi connectivity index (χ3v) is 4.79. The lowest BCUT2D eigenvalue weighted by atomic mass is 10.0. The summed E-state index contributed by atoms with van der Waals surface area (Å²) in [5, 5.41) is 0.893. The molecule has 19 heavy (non-hydrogen) atoms. The van der Waals surface area contributed by atoms with Gasteiger partial charge in [-0.25, -0.2) is 4.39 Å². The highest BCUT2D eigenvalue weighted by Gasteiger charge is 2.21. The molecule has 1 aromatic heterocycles. The molecule has 1 nitrogen and oxygen atoms in total. The minimum Gasteiger partial charge on any atom is -0.252 e. The van der Waals surface area contributed by atoms with E-state index in [1.165, 1.54) is 12.8 Å². The van der Waals surface area contributed by atoms with Crippen LogP contribution in [0.25, 0.3) is 10.9 Å². The number of hydrogen-bond acceptors (Lipinski definition) is 1. The first-order valence-electron chi connectivity index (χ1n) is 6.52. The lowest BCUT2D eigenvalue weighted by Gasteiger charge is -2.13. The molecule has 3 rings (SSSR count). The SMILES string of the molecule is Cc1cc(Br)c(F)c2c(Cl)cc(C3CCCC3)nc12. The normalized spacial score (nSPS) is 16.4. The topological polar surface area (TPSA) is 12.9 Å². The summed E-state index contributed by atoms with van der Waals surface area (Å²) in [4.78, 5) is 4.67. The van der Waals surface area contributed by atoms with Gasteiger partial charge in [-0.3, -0.25) is 4.98 Å². The zero-order valence-electron chi connectivity index (χ0n) is 10.6. The molecule has 1 aliphatic carbocycles. The van der Waals surface area contributed by atoms with E-state index in [0.29, 0.717) is 26.3 Å². The van der Waals surface area contributed by atoms with Crippen molar-refractivity contribution in [3.05, 3.63) is 38.7 Å². The van der Waals surface area contributed by atoms with Crippen molar-refractivity contribution in [2.75, 3.05) is 0 Å². The van der Waals surface area contributed by atoms with Gasteiger partial charge in [0.2, 0.25) is 0 Å². The summed E-state index contributed by atoms with van der Waals surface area (Å²) in [6, 6.07) is 3.61. The maximum Gasteiger partial charge on any atom is 0.148 e. The summed E-state index contributed by atoms with van der Waals surface area (Å²) in [6.07, 6.45) is 4.81. The molecule has 100 valence electrons. The summed E-state index contributed by atoms with van der Waals surface area (Å²) >= 11 is 9.51. The molecule has 0 amide bonds. The first kappa shape index (κ1) is 13.3. The molecule has 0 unspecified atom stereocenters. The van der Waals surface area contributed by atoms with E-state index in [0.717, 1.165) is 24.1 Å². The predicted octanol–water partition coefficient (Wildman–Crippen LogP) is 5.76. The monoisotopic (exact) mass is 341 g/mol. The largest absolute Gasteiger partial charge is 0.252 e. The molecular weight excluding hydrogens is 329 g/mol. The molecule has 4 heteroatoms. The minimum absolute atomic E-state index is 0.323. The Balaban J connectivity index is 2.25. The molecule has 0 saturated heterocycles. The van der Waals surface area contributed by atoms with Gasteiger partial charge in [-0.1, -0.05) is 24.4 Å². The van der Waals surface area contributed by atoms with Crippen molar-refractivity contribution in [3.8, 4) is 0 Å². The van der Waals surface area contributed by atoms with E-state index in [9.17, 15) is 4.39 Å². The van der Waals surface area contributed by atoms with E-state index in [1.54, 1.807) is 6.07 Å². The first-order valence-corrected chi connectivity index (χ1v) is 7.69.